The van der Waals surface area contributed by atoms with Gasteiger partial charge in [-0.25, -0.2) is 9.79 Å². The number of carbonyl (C=O) groups excluding carboxylic acids is 1. The quantitative estimate of drug-likeness (QED) is 0.595. The van der Waals surface area contributed by atoms with Gasteiger partial charge in [-0.05, 0) is 12.1 Å². The van der Waals surface area contributed by atoms with Crippen molar-refractivity contribution in [2.75, 3.05) is 13.7 Å². The van der Waals surface area contributed by atoms with E-state index in [9.17, 15) is 4.79 Å². The second-order valence-corrected chi connectivity index (χ2v) is 3.98. The highest BCUT2D eigenvalue weighted by Gasteiger charge is 2.44. The summed E-state index contributed by atoms with van der Waals surface area (Å²) in [6.07, 6.45) is 5.45. The number of methoxy groups -OCH3 is 1. The van der Waals surface area contributed by atoms with Crippen molar-refractivity contribution in [3.05, 3.63) is 35.9 Å². The fraction of sp³-hybridized carbons (Fsp3) is 0.286. The standard InChI is InChI=1S/C14H13NO3/c1-3-9-14(13(16)17-2)10-18-12(15-14)11-7-5-4-6-8-11/h1,4-8H,9-10H2,2H3. The lowest BCUT2D eigenvalue weighted by Gasteiger charge is -2.17. The van der Waals surface area contributed by atoms with Gasteiger partial charge in [0.2, 0.25) is 11.4 Å². The van der Waals surface area contributed by atoms with Crippen LogP contribution in [0.5, 0.6) is 0 Å². The zero-order valence-corrected chi connectivity index (χ0v) is 10.1. The number of ether oxygens (including phenoxy) is 2. The summed E-state index contributed by atoms with van der Waals surface area (Å²) in [6, 6.07) is 9.37. The molecule has 2 rings (SSSR count). The van der Waals surface area contributed by atoms with Crippen molar-refractivity contribution in [3.8, 4) is 12.3 Å². The number of benzene rings is 1. The van der Waals surface area contributed by atoms with Crippen LogP contribution in [-0.4, -0.2) is 31.1 Å². The van der Waals surface area contributed by atoms with E-state index in [0.717, 1.165) is 5.56 Å². The maximum absolute atomic E-state index is 11.8. The Kier molecular flexibility index (Phi) is 3.33. The first-order valence-electron chi connectivity index (χ1n) is 5.52. The third kappa shape index (κ3) is 2.07. The molecule has 92 valence electrons. The third-order valence-corrected chi connectivity index (χ3v) is 2.74. The van der Waals surface area contributed by atoms with Crippen LogP contribution in [0.3, 0.4) is 0 Å². The van der Waals surface area contributed by atoms with Crippen LogP contribution in [-0.2, 0) is 14.3 Å². The molecule has 0 amide bonds. The van der Waals surface area contributed by atoms with E-state index in [1.165, 1.54) is 7.11 Å². The Hall–Kier alpha value is -2.28. The molecule has 4 heteroatoms. The van der Waals surface area contributed by atoms with Gasteiger partial charge in [-0.3, -0.25) is 0 Å². The normalized spacial score (nSPS) is 21.7. The summed E-state index contributed by atoms with van der Waals surface area (Å²) in [5.74, 6) is 2.41. The molecule has 1 aliphatic rings. The molecule has 0 saturated carbocycles. The van der Waals surface area contributed by atoms with Crippen LogP contribution < -0.4 is 0 Å². The Balaban J connectivity index is 2.35. The minimum absolute atomic E-state index is 0.119. The summed E-state index contributed by atoms with van der Waals surface area (Å²) in [6.45, 7) is 0.119. The Morgan fingerprint density at radius 1 is 1.56 bits per heavy atom. The van der Waals surface area contributed by atoms with E-state index in [-0.39, 0.29) is 13.0 Å². The molecule has 0 N–H and O–H groups in total. The minimum Gasteiger partial charge on any atom is -0.474 e. The lowest BCUT2D eigenvalue weighted by molar-refractivity contribution is -0.147. The smallest absolute Gasteiger partial charge is 0.338 e. The van der Waals surface area contributed by atoms with E-state index >= 15 is 0 Å². The monoisotopic (exact) mass is 243 g/mol. The number of esters is 1. The van der Waals surface area contributed by atoms with Crippen molar-refractivity contribution in [2.24, 2.45) is 4.99 Å². The molecule has 1 aromatic carbocycles. The summed E-state index contributed by atoms with van der Waals surface area (Å²) < 4.78 is 10.2. The summed E-state index contributed by atoms with van der Waals surface area (Å²) >= 11 is 0. The van der Waals surface area contributed by atoms with Crippen molar-refractivity contribution in [1.29, 1.82) is 0 Å². The van der Waals surface area contributed by atoms with Crippen molar-refractivity contribution >= 4 is 11.9 Å². The van der Waals surface area contributed by atoms with Crippen LogP contribution in [0.15, 0.2) is 35.3 Å². The Morgan fingerprint density at radius 3 is 2.89 bits per heavy atom. The van der Waals surface area contributed by atoms with Crippen LogP contribution in [0.1, 0.15) is 12.0 Å². The summed E-state index contributed by atoms with van der Waals surface area (Å²) in [7, 11) is 1.32. The molecule has 0 bridgehead atoms. The first kappa shape index (κ1) is 12.2. The molecule has 1 heterocycles. The Bertz CT molecular complexity index is 516. The number of hydrogen-bond acceptors (Lipinski definition) is 4. The van der Waals surface area contributed by atoms with E-state index in [2.05, 4.69) is 10.9 Å². The fourth-order valence-corrected chi connectivity index (χ4v) is 1.80. The molecular formula is C14H13NO3. The molecule has 0 aliphatic carbocycles. The molecule has 0 spiro atoms. The molecule has 1 unspecified atom stereocenters. The first-order valence-corrected chi connectivity index (χ1v) is 5.52. The van der Waals surface area contributed by atoms with Crippen molar-refractivity contribution < 1.29 is 14.3 Å². The molecule has 0 radical (unpaired) electrons. The number of terminal acetylenes is 1. The number of nitrogens with zero attached hydrogens (tertiary/aromatic N) is 1. The molecule has 1 atom stereocenters. The second-order valence-electron chi connectivity index (χ2n) is 3.98. The second kappa shape index (κ2) is 4.92. The number of hydrogen-bond donors (Lipinski definition) is 0. The highest BCUT2D eigenvalue weighted by atomic mass is 16.5. The molecule has 0 saturated heterocycles. The van der Waals surface area contributed by atoms with E-state index in [1.54, 1.807) is 0 Å². The van der Waals surface area contributed by atoms with Gasteiger partial charge >= 0.3 is 5.97 Å². The van der Waals surface area contributed by atoms with E-state index in [4.69, 9.17) is 15.9 Å². The fourth-order valence-electron chi connectivity index (χ4n) is 1.80. The largest absolute Gasteiger partial charge is 0.474 e. The lowest BCUT2D eigenvalue weighted by Crippen LogP contribution is -2.39. The van der Waals surface area contributed by atoms with Gasteiger partial charge in [-0.1, -0.05) is 18.2 Å². The number of carbonyl (C=O) groups is 1. The van der Waals surface area contributed by atoms with Gasteiger partial charge in [-0.2, -0.15) is 0 Å². The predicted molar refractivity (Wildman–Crippen MR) is 67.1 cm³/mol. The van der Waals surface area contributed by atoms with Gasteiger partial charge in [-0.15, -0.1) is 12.3 Å². The summed E-state index contributed by atoms with van der Waals surface area (Å²) in [5, 5.41) is 0. The molecular weight excluding hydrogens is 230 g/mol. The topological polar surface area (TPSA) is 47.9 Å². The average molecular weight is 243 g/mol. The third-order valence-electron chi connectivity index (χ3n) is 2.74. The van der Waals surface area contributed by atoms with Crippen LogP contribution in [0.25, 0.3) is 0 Å². The Labute approximate surface area is 106 Å². The first-order chi connectivity index (χ1) is 8.72. The minimum atomic E-state index is -1.10. The highest BCUT2D eigenvalue weighted by molar-refractivity contribution is 5.99. The number of rotatable bonds is 3. The molecule has 1 aromatic rings. The van der Waals surface area contributed by atoms with Gasteiger partial charge in [0.15, 0.2) is 0 Å². The van der Waals surface area contributed by atoms with Crippen molar-refractivity contribution in [3.63, 3.8) is 0 Å². The van der Waals surface area contributed by atoms with Crippen LogP contribution in [0.2, 0.25) is 0 Å². The van der Waals surface area contributed by atoms with Crippen LogP contribution in [0.4, 0.5) is 0 Å². The van der Waals surface area contributed by atoms with Crippen LogP contribution in [0, 0.1) is 12.3 Å². The predicted octanol–water partition coefficient (Wildman–Crippen LogP) is 1.40. The zero-order chi connectivity index (χ0) is 13.0. The molecule has 0 fully saturated rings. The summed E-state index contributed by atoms with van der Waals surface area (Å²) in [4.78, 5) is 16.1. The van der Waals surface area contributed by atoms with Gasteiger partial charge in [0.25, 0.3) is 0 Å². The zero-order valence-electron chi connectivity index (χ0n) is 10.1. The Morgan fingerprint density at radius 2 is 2.28 bits per heavy atom. The summed E-state index contributed by atoms with van der Waals surface area (Å²) in [5.41, 5.74) is -0.283. The average Bonchev–Trinajstić information content (AvgIpc) is 2.85. The molecule has 1 aliphatic heterocycles. The molecule has 0 aromatic heterocycles. The van der Waals surface area contributed by atoms with Gasteiger partial charge in [0.1, 0.15) is 6.61 Å². The lowest BCUT2D eigenvalue weighted by atomic mass is 9.98. The highest BCUT2D eigenvalue weighted by Crippen LogP contribution is 2.26. The van der Waals surface area contributed by atoms with Crippen molar-refractivity contribution in [1.82, 2.24) is 0 Å². The maximum Gasteiger partial charge on any atom is 0.338 e. The number of aliphatic imine (C=N–C) groups is 1. The van der Waals surface area contributed by atoms with E-state index in [0.29, 0.717) is 5.90 Å². The molecule has 18 heavy (non-hydrogen) atoms. The maximum atomic E-state index is 11.8. The van der Waals surface area contributed by atoms with E-state index < -0.39 is 11.5 Å². The van der Waals surface area contributed by atoms with Crippen molar-refractivity contribution in [2.45, 2.75) is 12.0 Å². The van der Waals surface area contributed by atoms with Crippen LogP contribution >= 0.6 is 0 Å². The molecule has 4 nitrogen and oxygen atoms in total. The van der Waals surface area contributed by atoms with E-state index in [1.807, 2.05) is 30.3 Å². The van der Waals surface area contributed by atoms with Gasteiger partial charge < -0.3 is 9.47 Å². The SMILES string of the molecule is C#CCC1(C(=O)OC)COC(c2ccccc2)=N1. The van der Waals surface area contributed by atoms with Gasteiger partial charge in [0, 0.05) is 12.0 Å². The van der Waals surface area contributed by atoms with Gasteiger partial charge in [0.05, 0.1) is 7.11 Å².